The van der Waals surface area contributed by atoms with Crippen molar-refractivity contribution in [1.29, 1.82) is 0 Å². The number of likely N-dealkylation sites (tertiary alicyclic amines) is 1. The summed E-state index contributed by atoms with van der Waals surface area (Å²) in [4.78, 5) is 20.4. The fraction of sp³-hybridized carbons (Fsp3) is 0.647. The van der Waals surface area contributed by atoms with Crippen LogP contribution < -0.4 is 5.32 Å². The number of ether oxygens (including phenoxy) is 1. The first kappa shape index (κ1) is 16.1. The van der Waals surface area contributed by atoms with Crippen molar-refractivity contribution in [3.8, 4) is 0 Å². The fourth-order valence-corrected chi connectivity index (χ4v) is 4.34. The minimum absolute atomic E-state index is 0.112. The van der Waals surface area contributed by atoms with Crippen molar-refractivity contribution < 1.29 is 14.4 Å². The van der Waals surface area contributed by atoms with E-state index in [4.69, 9.17) is 9.57 Å². The number of hydrogen-bond donors (Lipinski definition) is 1. The molecule has 0 saturated carbocycles. The zero-order chi connectivity index (χ0) is 16.4. The summed E-state index contributed by atoms with van der Waals surface area (Å²) in [6.45, 7) is 4.11. The van der Waals surface area contributed by atoms with Gasteiger partial charge in [0.15, 0.2) is 5.60 Å². The smallest absolute Gasteiger partial charge is 0.269 e. The van der Waals surface area contributed by atoms with E-state index in [1.54, 1.807) is 11.3 Å². The van der Waals surface area contributed by atoms with E-state index in [9.17, 15) is 4.79 Å². The van der Waals surface area contributed by atoms with E-state index in [-0.39, 0.29) is 17.6 Å². The number of rotatable bonds is 5. The van der Waals surface area contributed by atoms with Gasteiger partial charge in [-0.1, -0.05) is 5.16 Å². The Morgan fingerprint density at radius 1 is 1.54 bits per heavy atom. The maximum atomic E-state index is 12.3. The molecule has 4 heterocycles. The van der Waals surface area contributed by atoms with E-state index in [1.807, 2.05) is 0 Å². The number of thiophene rings is 1. The molecule has 4 rings (SSSR count). The van der Waals surface area contributed by atoms with Crippen LogP contribution in [0.3, 0.4) is 0 Å². The van der Waals surface area contributed by atoms with Crippen molar-refractivity contribution in [2.24, 2.45) is 5.16 Å². The Kier molecular flexibility index (Phi) is 4.56. The number of nitrogens with zero attached hydrogens (tertiary/aromatic N) is 2. The van der Waals surface area contributed by atoms with Crippen molar-refractivity contribution in [3.63, 3.8) is 0 Å². The summed E-state index contributed by atoms with van der Waals surface area (Å²) in [5.74, 6) is -0.112. The quantitative estimate of drug-likeness (QED) is 0.880. The molecule has 24 heavy (non-hydrogen) atoms. The molecule has 1 N–H and O–H groups in total. The Hall–Kier alpha value is -1.44. The van der Waals surface area contributed by atoms with Crippen LogP contribution in [0.4, 0.5) is 0 Å². The molecule has 3 aliphatic rings. The van der Waals surface area contributed by atoms with Crippen molar-refractivity contribution in [2.45, 2.75) is 43.9 Å². The van der Waals surface area contributed by atoms with E-state index in [1.165, 1.54) is 5.56 Å². The van der Waals surface area contributed by atoms with E-state index in [0.717, 1.165) is 45.5 Å². The van der Waals surface area contributed by atoms with Gasteiger partial charge in [0.25, 0.3) is 5.91 Å². The maximum absolute atomic E-state index is 12.3. The van der Waals surface area contributed by atoms with E-state index in [2.05, 4.69) is 32.2 Å². The average Bonchev–Trinajstić information content (AvgIpc) is 3.35. The van der Waals surface area contributed by atoms with Crippen molar-refractivity contribution >= 4 is 23.0 Å². The molecule has 1 aromatic rings. The van der Waals surface area contributed by atoms with Gasteiger partial charge in [-0.15, -0.1) is 0 Å². The highest BCUT2D eigenvalue weighted by atomic mass is 32.1. The summed E-state index contributed by atoms with van der Waals surface area (Å²) in [6.07, 6.45) is 3.77. The van der Waals surface area contributed by atoms with Crippen molar-refractivity contribution in [2.75, 3.05) is 26.2 Å². The highest BCUT2D eigenvalue weighted by molar-refractivity contribution is 7.07. The number of carbonyl (C=O) groups is 1. The van der Waals surface area contributed by atoms with Crippen LogP contribution in [0.5, 0.6) is 0 Å². The Bertz CT molecular complexity index is 613. The third-order valence-corrected chi connectivity index (χ3v) is 5.73. The molecular formula is C17H23N3O3S. The lowest BCUT2D eigenvalue weighted by Gasteiger charge is -2.21. The highest BCUT2D eigenvalue weighted by Crippen LogP contribution is 2.34. The summed E-state index contributed by atoms with van der Waals surface area (Å²) in [6, 6.07) is 2.16. The molecule has 0 bridgehead atoms. The first-order valence-electron chi connectivity index (χ1n) is 8.61. The third-order valence-electron chi connectivity index (χ3n) is 5.00. The maximum Gasteiger partial charge on any atom is 0.269 e. The van der Waals surface area contributed by atoms with Crippen LogP contribution in [-0.4, -0.2) is 54.5 Å². The first-order valence-corrected chi connectivity index (χ1v) is 9.55. The molecule has 0 radical (unpaired) electrons. The summed E-state index contributed by atoms with van der Waals surface area (Å²) in [5, 5.41) is 11.3. The van der Waals surface area contributed by atoms with Crippen LogP contribution in [0.1, 0.15) is 31.2 Å². The van der Waals surface area contributed by atoms with Gasteiger partial charge in [0.1, 0.15) is 5.71 Å². The third kappa shape index (κ3) is 3.48. The molecule has 2 fully saturated rings. The summed E-state index contributed by atoms with van der Waals surface area (Å²) in [7, 11) is 0. The second-order valence-electron chi connectivity index (χ2n) is 6.93. The van der Waals surface area contributed by atoms with Gasteiger partial charge in [-0.3, -0.25) is 9.69 Å². The molecule has 1 amide bonds. The molecule has 2 unspecified atom stereocenters. The van der Waals surface area contributed by atoms with E-state index in [0.29, 0.717) is 18.7 Å². The molecule has 3 aliphatic heterocycles. The number of carbonyl (C=O) groups excluding carboxylic acids is 1. The zero-order valence-electron chi connectivity index (χ0n) is 13.7. The van der Waals surface area contributed by atoms with Gasteiger partial charge >= 0.3 is 0 Å². The van der Waals surface area contributed by atoms with Gasteiger partial charge in [0.2, 0.25) is 0 Å². The zero-order valence-corrected chi connectivity index (χ0v) is 14.5. The van der Waals surface area contributed by atoms with Gasteiger partial charge in [-0.05, 0) is 35.2 Å². The van der Waals surface area contributed by atoms with Crippen LogP contribution in [0.25, 0.3) is 0 Å². The van der Waals surface area contributed by atoms with Gasteiger partial charge in [0, 0.05) is 45.6 Å². The van der Waals surface area contributed by atoms with Crippen LogP contribution in [0, 0.1) is 0 Å². The SMILES string of the molecule is O=C(NCC1CCCO1)C1=NOC2(CCN(Cc3ccsc3)C2)C1. The predicted octanol–water partition coefficient (Wildman–Crippen LogP) is 1.76. The van der Waals surface area contributed by atoms with Crippen molar-refractivity contribution in [3.05, 3.63) is 22.4 Å². The second-order valence-corrected chi connectivity index (χ2v) is 7.71. The second kappa shape index (κ2) is 6.82. The molecule has 130 valence electrons. The molecule has 2 atom stereocenters. The standard InChI is InChI=1S/C17H23N3O3S/c21-16(18-9-14-2-1-6-22-14)15-8-17(23-19-15)4-5-20(12-17)10-13-3-7-24-11-13/h3,7,11,14H,1-2,4-6,8-10,12H2,(H,18,21). The Morgan fingerprint density at radius 2 is 2.50 bits per heavy atom. The first-order chi connectivity index (χ1) is 11.7. The van der Waals surface area contributed by atoms with Gasteiger partial charge in [0.05, 0.1) is 6.10 Å². The van der Waals surface area contributed by atoms with Crippen LogP contribution in [-0.2, 0) is 20.9 Å². The molecular weight excluding hydrogens is 326 g/mol. The lowest BCUT2D eigenvalue weighted by atomic mass is 9.96. The van der Waals surface area contributed by atoms with Crippen LogP contribution in [0.15, 0.2) is 22.0 Å². The Labute approximate surface area is 145 Å². The van der Waals surface area contributed by atoms with Crippen LogP contribution >= 0.6 is 11.3 Å². The van der Waals surface area contributed by atoms with E-state index < -0.39 is 0 Å². The molecule has 7 heteroatoms. The molecule has 2 saturated heterocycles. The number of hydrogen-bond acceptors (Lipinski definition) is 6. The van der Waals surface area contributed by atoms with Gasteiger partial charge in [-0.2, -0.15) is 11.3 Å². The lowest BCUT2D eigenvalue weighted by Crippen LogP contribution is -2.39. The molecule has 0 aliphatic carbocycles. The summed E-state index contributed by atoms with van der Waals surface area (Å²) in [5.41, 5.74) is 1.54. The minimum atomic E-state index is -0.313. The predicted molar refractivity (Wildman–Crippen MR) is 92.1 cm³/mol. The van der Waals surface area contributed by atoms with Gasteiger partial charge < -0.3 is 14.9 Å². The molecule has 1 aromatic heterocycles. The number of nitrogens with one attached hydrogen (secondary N) is 1. The summed E-state index contributed by atoms with van der Waals surface area (Å²) >= 11 is 1.72. The molecule has 0 aromatic carbocycles. The number of oxime groups is 1. The Morgan fingerprint density at radius 3 is 3.29 bits per heavy atom. The van der Waals surface area contributed by atoms with E-state index >= 15 is 0 Å². The summed E-state index contributed by atoms with van der Waals surface area (Å²) < 4.78 is 5.53. The van der Waals surface area contributed by atoms with Crippen molar-refractivity contribution in [1.82, 2.24) is 10.2 Å². The number of amides is 1. The molecule has 6 nitrogen and oxygen atoms in total. The monoisotopic (exact) mass is 349 g/mol. The average molecular weight is 349 g/mol. The largest absolute Gasteiger partial charge is 0.387 e. The topological polar surface area (TPSA) is 63.2 Å². The normalized spacial score (nSPS) is 29.8. The Balaban J connectivity index is 1.26. The highest BCUT2D eigenvalue weighted by Gasteiger charge is 2.46. The van der Waals surface area contributed by atoms with Gasteiger partial charge in [-0.25, -0.2) is 0 Å². The van der Waals surface area contributed by atoms with Crippen LogP contribution in [0.2, 0.25) is 0 Å². The molecule has 1 spiro atoms. The fourth-order valence-electron chi connectivity index (χ4n) is 3.68. The minimum Gasteiger partial charge on any atom is -0.387 e. The lowest BCUT2D eigenvalue weighted by molar-refractivity contribution is -0.115.